The van der Waals surface area contributed by atoms with Crippen LogP contribution in [-0.2, 0) is 0 Å². The second-order valence-corrected chi connectivity index (χ2v) is 4.52. The fourth-order valence-electron chi connectivity index (χ4n) is 2.13. The third kappa shape index (κ3) is 2.32. The molecule has 22 heavy (non-hydrogen) atoms. The second kappa shape index (κ2) is 5.36. The molecule has 0 unspecified atom stereocenters. The zero-order chi connectivity index (χ0) is 15.7. The Morgan fingerprint density at radius 3 is 2.41 bits per heavy atom. The number of methoxy groups -OCH3 is 2. The van der Waals surface area contributed by atoms with Crippen LogP contribution in [0, 0.1) is 0 Å². The number of aromatic carboxylic acids is 1. The van der Waals surface area contributed by atoms with Gasteiger partial charge in [-0.15, -0.1) is 5.10 Å². The highest BCUT2D eigenvalue weighted by molar-refractivity contribution is 5.86. The van der Waals surface area contributed by atoms with Crippen molar-refractivity contribution in [1.82, 2.24) is 14.6 Å². The first-order valence-electron chi connectivity index (χ1n) is 6.45. The molecule has 1 aromatic carbocycles. The van der Waals surface area contributed by atoms with Gasteiger partial charge in [-0.2, -0.15) is 0 Å². The standard InChI is InChI=1S/C15H13N3O4/c1-21-10-6-9(7-11(8-10)22-2)14-16-13-5-3-4-12(15(19)20)18(13)17-14/h3-8H,1-2H3,(H,19,20). The van der Waals surface area contributed by atoms with Crippen molar-refractivity contribution in [3.05, 3.63) is 42.1 Å². The van der Waals surface area contributed by atoms with Gasteiger partial charge in [-0.3, -0.25) is 0 Å². The molecule has 3 rings (SSSR count). The number of ether oxygens (including phenoxy) is 2. The number of nitrogens with zero attached hydrogens (tertiary/aromatic N) is 3. The first kappa shape index (κ1) is 13.9. The van der Waals surface area contributed by atoms with Crippen molar-refractivity contribution in [3.8, 4) is 22.9 Å². The van der Waals surface area contributed by atoms with E-state index in [-0.39, 0.29) is 5.69 Å². The molecule has 0 fully saturated rings. The average Bonchev–Trinajstić information content (AvgIpc) is 2.98. The highest BCUT2D eigenvalue weighted by atomic mass is 16.5. The monoisotopic (exact) mass is 299 g/mol. The van der Waals surface area contributed by atoms with Gasteiger partial charge in [-0.25, -0.2) is 14.3 Å². The summed E-state index contributed by atoms with van der Waals surface area (Å²) in [5, 5.41) is 13.5. The van der Waals surface area contributed by atoms with Crippen LogP contribution >= 0.6 is 0 Å². The lowest BCUT2D eigenvalue weighted by Crippen LogP contribution is -2.05. The maximum absolute atomic E-state index is 11.2. The number of rotatable bonds is 4. The number of carbonyl (C=O) groups is 1. The van der Waals surface area contributed by atoms with E-state index < -0.39 is 5.97 Å². The van der Waals surface area contributed by atoms with E-state index in [9.17, 15) is 9.90 Å². The van der Waals surface area contributed by atoms with Gasteiger partial charge in [0, 0.05) is 11.6 Å². The van der Waals surface area contributed by atoms with E-state index in [0.717, 1.165) is 0 Å². The van der Waals surface area contributed by atoms with Crippen LogP contribution in [0.15, 0.2) is 36.4 Å². The fraction of sp³-hybridized carbons (Fsp3) is 0.133. The molecule has 0 amide bonds. The van der Waals surface area contributed by atoms with Crippen molar-refractivity contribution in [2.75, 3.05) is 14.2 Å². The third-order valence-corrected chi connectivity index (χ3v) is 3.19. The minimum absolute atomic E-state index is 0.0473. The predicted octanol–water partition coefficient (Wildman–Crippen LogP) is 2.11. The topological polar surface area (TPSA) is 86.0 Å². The highest BCUT2D eigenvalue weighted by Crippen LogP contribution is 2.28. The van der Waals surface area contributed by atoms with Crippen molar-refractivity contribution in [2.45, 2.75) is 0 Å². The van der Waals surface area contributed by atoms with Crippen molar-refractivity contribution in [1.29, 1.82) is 0 Å². The number of pyridine rings is 1. The summed E-state index contributed by atoms with van der Waals surface area (Å²) in [7, 11) is 3.11. The molecule has 7 heteroatoms. The van der Waals surface area contributed by atoms with Crippen molar-refractivity contribution >= 4 is 11.6 Å². The molecule has 1 N–H and O–H groups in total. The zero-order valence-corrected chi connectivity index (χ0v) is 12.0. The van der Waals surface area contributed by atoms with E-state index in [4.69, 9.17) is 9.47 Å². The molecule has 0 aliphatic rings. The number of aromatic nitrogens is 3. The van der Waals surface area contributed by atoms with Crippen molar-refractivity contribution in [2.24, 2.45) is 0 Å². The Morgan fingerprint density at radius 1 is 1.14 bits per heavy atom. The maximum atomic E-state index is 11.2. The molecule has 0 atom stereocenters. The largest absolute Gasteiger partial charge is 0.497 e. The van der Waals surface area contributed by atoms with Gasteiger partial charge in [0.2, 0.25) is 0 Å². The molecule has 0 spiro atoms. The van der Waals surface area contributed by atoms with Gasteiger partial charge in [-0.1, -0.05) is 6.07 Å². The maximum Gasteiger partial charge on any atom is 0.354 e. The van der Waals surface area contributed by atoms with E-state index in [1.807, 2.05) is 0 Å². The van der Waals surface area contributed by atoms with Crippen LogP contribution < -0.4 is 9.47 Å². The summed E-state index contributed by atoms with van der Waals surface area (Å²) < 4.78 is 11.7. The average molecular weight is 299 g/mol. The summed E-state index contributed by atoms with van der Waals surface area (Å²) in [6.07, 6.45) is 0. The Balaban J connectivity index is 2.18. The van der Waals surface area contributed by atoms with Crippen LogP contribution in [0.4, 0.5) is 0 Å². The van der Waals surface area contributed by atoms with E-state index >= 15 is 0 Å². The summed E-state index contributed by atoms with van der Waals surface area (Å²) in [6.45, 7) is 0. The third-order valence-electron chi connectivity index (χ3n) is 3.19. The van der Waals surface area contributed by atoms with Gasteiger partial charge in [-0.05, 0) is 24.3 Å². The summed E-state index contributed by atoms with van der Waals surface area (Å²) in [5.41, 5.74) is 1.18. The summed E-state index contributed by atoms with van der Waals surface area (Å²) in [4.78, 5) is 15.6. The molecule has 7 nitrogen and oxygen atoms in total. The van der Waals surface area contributed by atoms with Crippen molar-refractivity contribution < 1.29 is 19.4 Å². The number of carboxylic acids is 1. The molecule has 3 aromatic rings. The zero-order valence-electron chi connectivity index (χ0n) is 12.0. The van der Waals surface area contributed by atoms with Gasteiger partial charge in [0.25, 0.3) is 0 Å². The first-order chi connectivity index (χ1) is 10.6. The van der Waals surface area contributed by atoms with Gasteiger partial charge in [0.05, 0.1) is 14.2 Å². The summed E-state index contributed by atoms with van der Waals surface area (Å²) >= 11 is 0. The molecule has 0 saturated carbocycles. The summed E-state index contributed by atoms with van der Waals surface area (Å²) in [5.74, 6) is 0.537. The molecular formula is C15H13N3O4. The molecule has 112 valence electrons. The Hall–Kier alpha value is -3.09. The van der Waals surface area contributed by atoms with E-state index in [1.165, 1.54) is 10.6 Å². The molecule has 0 saturated heterocycles. The van der Waals surface area contributed by atoms with Crippen LogP contribution in [-0.4, -0.2) is 39.9 Å². The Labute approximate surface area is 125 Å². The molecule has 0 bridgehead atoms. The van der Waals surface area contributed by atoms with Crippen LogP contribution in [0.25, 0.3) is 17.0 Å². The van der Waals surface area contributed by atoms with Crippen LogP contribution in [0.2, 0.25) is 0 Å². The smallest absolute Gasteiger partial charge is 0.354 e. The Kier molecular flexibility index (Phi) is 3.38. The lowest BCUT2D eigenvalue weighted by Gasteiger charge is -2.06. The normalized spacial score (nSPS) is 10.6. The molecule has 0 aliphatic carbocycles. The van der Waals surface area contributed by atoms with E-state index in [1.54, 1.807) is 44.6 Å². The SMILES string of the molecule is COc1cc(OC)cc(-c2nc3cccc(C(=O)O)n3n2)c1. The Morgan fingerprint density at radius 2 is 1.82 bits per heavy atom. The number of hydrogen-bond acceptors (Lipinski definition) is 5. The fourth-order valence-corrected chi connectivity index (χ4v) is 2.13. The van der Waals surface area contributed by atoms with Crippen LogP contribution in [0.5, 0.6) is 11.5 Å². The minimum Gasteiger partial charge on any atom is -0.497 e. The predicted molar refractivity (Wildman–Crippen MR) is 78.5 cm³/mol. The van der Waals surface area contributed by atoms with E-state index in [2.05, 4.69) is 10.1 Å². The van der Waals surface area contributed by atoms with Gasteiger partial charge in [0.1, 0.15) is 11.5 Å². The van der Waals surface area contributed by atoms with E-state index in [0.29, 0.717) is 28.5 Å². The van der Waals surface area contributed by atoms with Crippen molar-refractivity contribution in [3.63, 3.8) is 0 Å². The molecule has 0 aliphatic heterocycles. The summed E-state index contributed by atoms with van der Waals surface area (Å²) in [6, 6.07) is 10.1. The first-order valence-corrected chi connectivity index (χ1v) is 6.45. The molecular weight excluding hydrogens is 286 g/mol. The number of benzene rings is 1. The lowest BCUT2D eigenvalue weighted by molar-refractivity contribution is 0.0687. The number of carboxylic acid groups (broad SMARTS) is 1. The Bertz CT molecular complexity index is 835. The number of hydrogen-bond donors (Lipinski definition) is 1. The van der Waals surface area contributed by atoms with Gasteiger partial charge >= 0.3 is 5.97 Å². The second-order valence-electron chi connectivity index (χ2n) is 4.52. The minimum atomic E-state index is -1.06. The van der Waals surface area contributed by atoms with Gasteiger partial charge in [0.15, 0.2) is 17.2 Å². The molecule has 2 heterocycles. The molecule has 2 aromatic heterocycles. The quantitative estimate of drug-likeness (QED) is 0.794. The number of fused-ring (bicyclic) bond motifs is 1. The van der Waals surface area contributed by atoms with Gasteiger partial charge < -0.3 is 14.6 Å². The highest BCUT2D eigenvalue weighted by Gasteiger charge is 2.14. The van der Waals surface area contributed by atoms with Crippen LogP contribution in [0.1, 0.15) is 10.5 Å². The lowest BCUT2D eigenvalue weighted by atomic mass is 10.2. The molecule has 0 radical (unpaired) electrons. The van der Waals surface area contributed by atoms with Crippen LogP contribution in [0.3, 0.4) is 0 Å².